The molecule has 0 fully saturated rings. The molecule has 1 aromatic rings. The van der Waals surface area contributed by atoms with Gasteiger partial charge in [0.05, 0.1) is 19.8 Å². The summed E-state index contributed by atoms with van der Waals surface area (Å²) in [6.45, 7) is 2.59. The Hall–Kier alpha value is -1.18. The van der Waals surface area contributed by atoms with Gasteiger partial charge in [-0.15, -0.1) is 0 Å². The smallest absolute Gasteiger partial charge is 0.131 e. The Labute approximate surface area is 66.8 Å². The first-order valence-electron chi connectivity index (χ1n) is 3.56. The first-order chi connectivity index (χ1) is 5.36. The highest BCUT2D eigenvalue weighted by atomic mass is 16.5. The minimum absolute atomic E-state index is 0.656. The molecule has 0 amide bonds. The number of methoxy groups -OCH3 is 1. The lowest BCUT2D eigenvalue weighted by Crippen LogP contribution is -1.91. The van der Waals surface area contributed by atoms with Gasteiger partial charge in [-0.3, -0.25) is 0 Å². The van der Waals surface area contributed by atoms with Crippen LogP contribution < -0.4 is 9.47 Å². The van der Waals surface area contributed by atoms with Crippen LogP contribution in [0, 0.1) is 6.07 Å². The second kappa shape index (κ2) is 3.86. The minimum Gasteiger partial charge on any atom is -0.496 e. The van der Waals surface area contributed by atoms with Crippen molar-refractivity contribution in [3.63, 3.8) is 0 Å². The number of rotatable bonds is 3. The lowest BCUT2D eigenvalue weighted by Gasteiger charge is -2.03. The summed E-state index contributed by atoms with van der Waals surface area (Å²) in [5, 5.41) is 0. The Morgan fingerprint density at radius 3 is 2.73 bits per heavy atom. The molecule has 0 bridgehead atoms. The van der Waals surface area contributed by atoms with Crippen LogP contribution >= 0.6 is 0 Å². The van der Waals surface area contributed by atoms with E-state index in [0.29, 0.717) is 12.4 Å². The summed E-state index contributed by atoms with van der Waals surface area (Å²) in [5.74, 6) is 1.43. The van der Waals surface area contributed by atoms with Crippen LogP contribution in [0.2, 0.25) is 0 Å². The summed E-state index contributed by atoms with van der Waals surface area (Å²) in [6.07, 6.45) is 0. The summed E-state index contributed by atoms with van der Waals surface area (Å²) in [4.78, 5) is 0. The van der Waals surface area contributed by atoms with E-state index >= 15 is 0 Å². The van der Waals surface area contributed by atoms with Crippen molar-refractivity contribution in [2.75, 3.05) is 13.7 Å². The quantitative estimate of drug-likeness (QED) is 0.656. The van der Waals surface area contributed by atoms with Crippen molar-refractivity contribution in [1.82, 2.24) is 0 Å². The average molecular weight is 151 g/mol. The molecule has 11 heavy (non-hydrogen) atoms. The minimum atomic E-state index is 0.656. The maximum atomic E-state index is 5.21. The molecule has 0 aliphatic heterocycles. The molecule has 0 saturated heterocycles. The van der Waals surface area contributed by atoms with Gasteiger partial charge in [0, 0.05) is 0 Å². The first kappa shape index (κ1) is 7.92. The Bertz CT molecular complexity index is 221. The summed E-state index contributed by atoms with van der Waals surface area (Å²) >= 11 is 0. The second-order valence-electron chi connectivity index (χ2n) is 2.02. The van der Waals surface area contributed by atoms with Gasteiger partial charge < -0.3 is 9.47 Å². The van der Waals surface area contributed by atoms with Gasteiger partial charge in [-0.25, -0.2) is 0 Å². The average Bonchev–Trinajstić information content (AvgIpc) is 2.06. The predicted octanol–water partition coefficient (Wildman–Crippen LogP) is 1.89. The molecule has 0 unspecified atom stereocenters. The molecule has 2 heteroatoms. The maximum Gasteiger partial charge on any atom is 0.131 e. The van der Waals surface area contributed by atoms with Gasteiger partial charge in [0.2, 0.25) is 0 Å². The van der Waals surface area contributed by atoms with Crippen molar-refractivity contribution in [3.05, 3.63) is 24.3 Å². The second-order valence-corrected chi connectivity index (χ2v) is 2.02. The summed E-state index contributed by atoms with van der Waals surface area (Å²) in [5.41, 5.74) is 0. The summed E-state index contributed by atoms with van der Waals surface area (Å²) in [6, 6.07) is 8.51. The Balaban J connectivity index is 2.74. The van der Waals surface area contributed by atoms with Crippen LogP contribution in [-0.2, 0) is 0 Å². The molecular formula is C9H11O2. The van der Waals surface area contributed by atoms with Crippen LogP contribution in [-0.4, -0.2) is 13.7 Å². The molecule has 0 aromatic heterocycles. The molecule has 0 spiro atoms. The van der Waals surface area contributed by atoms with Gasteiger partial charge in [-0.1, -0.05) is 6.07 Å². The first-order valence-corrected chi connectivity index (χ1v) is 3.56. The highest BCUT2D eigenvalue weighted by Gasteiger charge is 1.94. The summed E-state index contributed by atoms with van der Waals surface area (Å²) in [7, 11) is 1.61. The third kappa shape index (κ3) is 2.15. The van der Waals surface area contributed by atoms with Crippen LogP contribution in [0.1, 0.15) is 6.92 Å². The molecule has 1 aromatic carbocycles. The zero-order valence-corrected chi connectivity index (χ0v) is 6.76. The van der Waals surface area contributed by atoms with Crippen LogP contribution in [0.3, 0.4) is 0 Å². The third-order valence-corrected chi connectivity index (χ3v) is 1.26. The van der Waals surface area contributed by atoms with Gasteiger partial charge in [0.15, 0.2) is 0 Å². The summed E-state index contributed by atoms with van der Waals surface area (Å²) < 4.78 is 10.2. The van der Waals surface area contributed by atoms with Crippen LogP contribution in [0.4, 0.5) is 0 Å². The van der Waals surface area contributed by atoms with Crippen molar-refractivity contribution >= 4 is 0 Å². The molecule has 0 N–H and O–H groups in total. The Morgan fingerprint density at radius 2 is 2.09 bits per heavy atom. The van der Waals surface area contributed by atoms with Gasteiger partial charge in [-0.2, -0.15) is 0 Å². The Morgan fingerprint density at radius 1 is 1.36 bits per heavy atom. The molecule has 0 atom stereocenters. The fourth-order valence-corrected chi connectivity index (χ4v) is 0.786. The SMILES string of the molecule is CCOc1[c]c(OC)ccc1. The van der Waals surface area contributed by atoms with Gasteiger partial charge >= 0.3 is 0 Å². The van der Waals surface area contributed by atoms with Crippen LogP contribution in [0.5, 0.6) is 11.5 Å². The van der Waals surface area contributed by atoms with Crippen molar-refractivity contribution in [3.8, 4) is 11.5 Å². The number of hydrogen-bond donors (Lipinski definition) is 0. The fourth-order valence-electron chi connectivity index (χ4n) is 0.786. The van der Waals surface area contributed by atoms with E-state index in [4.69, 9.17) is 9.47 Å². The molecule has 0 saturated carbocycles. The number of ether oxygens (including phenoxy) is 2. The highest BCUT2D eigenvalue weighted by Crippen LogP contribution is 2.17. The molecule has 0 heterocycles. The van der Waals surface area contributed by atoms with Gasteiger partial charge in [-0.05, 0) is 19.1 Å². The van der Waals surface area contributed by atoms with E-state index < -0.39 is 0 Å². The molecule has 0 aliphatic rings. The van der Waals surface area contributed by atoms with E-state index in [-0.39, 0.29) is 0 Å². The Kier molecular flexibility index (Phi) is 2.78. The van der Waals surface area contributed by atoms with E-state index in [1.807, 2.05) is 25.1 Å². The van der Waals surface area contributed by atoms with E-state index in [2.05, 4.69) is 6.07 Å². The lowest BCUT2D eigenvalue weighted by atomic mass is 10.3. The number of hydrogen-bond acceptors (Lipinski definition) is 2. The van der Waals surface area contributed by atoms with Crippen molar-refractivity contribution in [1.29, 1.82) is 0 Å². The zero-order chi connectivity index (χ0) is 8.10. The van der Waals surface area contributed by atoms with E-state index in [0.717, 1.165) is 5.75 Å². The highest BCUT2D eigenvalue weighted by molar-refractivity contribution is 5.30. The lowest BCUT2D eigenvalue weighted by molar-refractivity contribution is 0.335. The van der Waals surface area contributed by atoms with Gasteiger partial charge in [0.1, 0.15) is 11.5 Å². The molecular weight excluding hydrogens is 140 g/mol. The molecule has 1 radical (unpaired) electrons. The zero-order valence-electron chi connectivity index (χ0n) is 6.76. The molecule has 59 valence electrons. The largest absolute Gasteiger partial charge is 0.496 e. The van der Waals surface area contributed by atoms with E-state index in [1.165, 1.54) is 0 Å². The van der Waals surface area contributed by atoms with Crippen LogP contribution in [0.25, 0.3) is 0 Å². The molecule has 1 rings (SSSR count). The monoisotopic (exact) mass is 151 g/mol. The third-order valence-electron chi connectivity index (χ3n) is 1.26. The van der Waals surface area contributed by atoms with Crippen molar-refractivity contribution in [2.24, 2.45) is 0 Å². The maximum absolute atomic E-state index is 5.21. The normalized spacial score (nSPS) is 9.27. The predicted molar refractivity (Wildman–Crippen MR) is 43.0 cm³/mol. The fraction of sp³-hybridized carbons (Fsp3) is 0.333. The standard InChI is InChI=1S/C9H11O2/c1-3-11-9-6-4-5-8(7-9)10-2/h4-6H,3H2,1-2H3. The van der Waals surface area contributed by atoms with Crippen molar-refractivity contribution < 1.29 is 9.47 Å². The van der Waals surface area contributed by atoms with Gasteiger partial charge in [0.25, 0.3) is 0 Å². The van der Waals surface area contributed by atoms with Crippen molar-refractivity contribution in [2.45, 2.75) is 6.92 Å². The topological polar surface area (TPSA) is 18.5 Å². The molecule has 0 aliphatic carbocycles. The molecule has 2 nitrogen and oxygen atoms in total. The van der Waals surface area contributed by atoms with E-state index in [9.17, 15) is 0 Å². The number of benzene rings is 1. The van der Waals surface area contributed by atoms with E-state index in [1.54, 1.807) is 7.11 Å². The van der Waals surface area contributed by atoms with Crippen LogP contribution in [0.15, 0.2) is 18.2 Å².